The molecule has 0 bridgehead atoms. The zero-order valence-electron chi connectivity index (χ0n) is 13.7. The Kier molecular flexibility index (Phi) is 4.04. The highest BCUT2D eigenvalue weighted by molar-refractivity contribution is 5.06. The summed E-state index contributed by atoms with van der Waals surface area (Å²) in [6, 6.07) is 2.01. The molecule has 3 rings (SSSR count). The lowest BCUT2D eigenvalue weighted by Crippen LogP contribution is -2.30. The number of nitrogens with zero attached hydrogens (tertiary/aromatic N) is 4. The van der Waals surface area contributed by atoms with Gasteiger partial charge in [-0.2, -0.15) is 10.1 Å². The van der Waals surface area contributed by atoms with Crippen molar-refractivity contribution in [3.05, 3.63) is 29.7 Å². The van der Waals surface area contributed by atoms with Crippen LogP contribution in [0.2, 0.25) is 0 Å². The summed E-state index contributed by atoms with van der Waals surface area (Å²) >= 11 is 0. The minimum atomic E-state index is 0.0800. The molecule has 1 aliphatic rings. The highest BCUT2D eigenvalue weighted by Gasteiger charge is 2.40. The first-order valence-electron chi connectivity index (χ1n) is 7.86. The van der Waals surface area contributed by atoms with Gasteiger partial charge >= 0.3 is 0 Å². The van der Waals surface area contributed by atoms with Gasteiger partial charge in [-0.1, -0.05) is 25.9 Å². The molecule has 1 fully saturated rings. The molecule has 0 aromatic carbocycles. The van der Waals surface area contributed by atoms with Gasteiger partial charge in [-0.05, 0) is 24.3 Å². The average Bonchev–Trinajstić information content (AvgIpc) is 3.15. The normalized spacial score (nSPS) is 22.4. The maximum Gasteiger partial charge on any atom is 0.227 e. The van der Waals surface area contributed by atoms with E-state index in [-0.39, 0.29) is 17.4 Å². The number of hydrogen-bond donors (Lipinski definition) is 0. The highest BCUT2D eigenvalue weighted by atomic mass is 16.5. The van der Waals surface area contributed by atoms with E-state index in [2.05, 4.69) is 36.0 Å². The third-order valence-electron chi connectivity index (χ3n) is 4.28. The lowest BCUT2D eigenvalue weighted by atomic mass is 9.81. The maximum atomic E-state index is 5.90. The Labute approximate surface area is 130 Å². The molecule has 2 aromatic heterocycles. The Balaban J connectivity index is 1.67. The summed E-state index contributed by atoms with van der Waals surface area (Å²) in [5.74, 6) is 1.71. The van der Waals surface area contributed by atoms with Crippen molar-refractivity contribution >= 4 is 0 Å². The summed E-state index contributed by atoms with van der Waals surface area (Å²) in [6.07, 6.45) is 4.50. The molecule has 0 saturated carbocycles. The van der Waals surface area contributed by atoms with Crippen LogP contribution in [0.3, 0.4) is 0 Å². The third-order valence-corrected chi connectivity index (χ3v) is 4.28. The van der Waals surface area contributed by atoms with Gasteiger partial charge in [-0.15, -0.1) is 0 Å². The first-order chi connectivity index (χ1) is 10.4. The number of rotatable bonds is 4. The van der Waals surface area contributed by atoms with Gasteiger partial charge in [0.1, 0.15) is 0 Å². The highest BCUT2D eigenvalue weighted by Crippen LogP contribution is 2.39. The van der Waals surface area contributed by atoms with Gasteiger partial charge in [0.25, 0.3) is 0 Å². The van der Waals surface area contributed by atoms with E-state index in [1.54, 1.807) is 6.20 Å². The van der Waals surface area contributed by atoms with Crippen LogP contribution < -0.4 is 0 Å². The smallest absolute Gasteiger partial charge is 0.227 e. The Morgan fingerprint density at radius 2 is 2.14 bits per heavy atom. The van der Waals surface area contributed by atoms with Gasteiger partial charge in [-0.25, -0.2) is 0 Å². The zero-order valence-corrected chi connectivity index (χ0v) is 13.7. The van der Waals surface area contributed by atoms with E-state index >= 15 is 0 Å². The fourth-order valence-electron chi connectivity index (χ4n) is 3.11. The third kappa shape index (κ3) is 3.06. The minimum Gasteiger partial charge on any atom is -0.377 e. The Morgan fingerprint density at radius 1 is 1.32 bits per heavy atom. The van der Waals surface area contributed by atoms with E-state index in [9.17, 15) is 0 Å². The van der Waals surface area contributed by atoms with E-state index in [0.29, 0.717) is 5.89 Å². The fraction of sp³-hybridized carbons (Fsp3) is 0.688. The monoisotopic (exact) mass is 304 g/mol. The maximum absolute atomic E-state index is 5.90. The summed E-state index contributed by atoms with van der Waals surface area (Å²) < 4.78 is 13.2. The molecule has 0 unspecified atom stereocenters. The molecule has 1 aliphatic heterocycles. The average molecular weight is 304 g/mol. The van der Waals surface area contributed by atoms with Gasteiger partial charge in [0, 0.05) is 32.0 Å². The molecule has 3 heterocycles. The Bertz CT molecular complexity index is 626. The molecule has 0 radical (unpaired) electrons. The number of ether oxygens (including phenoxy) is 1. The molecule has 1 saturated heterocycles. The van der Waals surface area contributed by atoms with Crippen LogP contribution in [0, 0.1) is 5.41 Å². The molecule has 22 heavy (non-hydrogen) atoms. The predicted octanol–water partition coefficient (Wildman–Crippen LogP) is 2.51. The first kappa shape index (κ1) is 15.2. The van der Waals surface area contributed by atoms with Crippen LogP contribution in [-0.4, -0.2) is 32.6 Å². The van der Waals surface area contributed by atoms with E-state index in [1.807, 2.05) is 17.8 Å². The molecular weight excluding hydrogens is 280 g/mol. The molecule has 6 nitrogen and oxygen atoms in total. The van der Waals surface area contributed by atoms with Crippen molar-refractivity contribution in [2.24, 2.45) is 12.5 Å². The van der Waals surface area contributed by atoms with Crippen molar-refractivity contribution in [1.29, 1.82) is 0 Å². The lowest BCUT2D eigenvalue weighted by molar-refractivity contribution is 0.0193. The summed E-state index contributed by atoms with van der Waals surface area (Å²) in [5, 5.41) is 8.36. The molecule has 0 N–H and O–H groups in total. The second-order valence-electron chi connectivity index (χ2n) is 7.05. The van der Waals surface area contributed by atoms with Crippen LogP contribution in [0.15, 0.2) is 16.8 Å². The second kappa shape index (κ2) is 5.83. The van der Waals surface area contributed by atoms with E-state index < -0.39 is 0 Å². The van der Waals surface area contributed by atoms with Crippen LogP contribution in [0.1, 0.15) is 50.5 Å². The van der Waals surface area contributed by atoms with E-state index in [1.165, 1.54) is 0 Å². The molecular formula is C16H24N4O2. The summed E-state index contributed by atoms with van der Waals surface area (Å²) in [7, 11) is 1.94. The van der Waals surface area contributed by atoms with Gasteiger partial charge < -0.3 is 9.26 Å². The summed E-state index contributed by atoms with van der Waals surface area (Å²) in [5.41, 5.74) is 1.24. The lowest BCUT2D eigenvalue weighted by Gasteiger charge is -2.29. The van der Waals surface area contributed by atoms with Crippen molar-refractivity contribution in [3.8, 4) is 0 Å². The van der Waals surface area contributed by atoms with Crippen LogP contribution in [0.5, 0.6) is 0 Å². The zero-order chi connectivity index (χ0) is 15.7. The topological polar surface area (TPSA) is 66.0 Å². The van der Waals surface area contributed by atoms with Crippen molar-refractivity contribution < 1.29 is 9.26 Å². The summed E-state index contributed by atoms with van der Waals surface area (Å²) in [6.45, 7) is 7.35. The van der Waals surface area contributed by atoms with E-state index in [4.69, 9.17) is 9.26 Å². The van der Waals surface area contributed by atoms with Gasteiger partial charge in [0.2, 0.25) is 5.89 Å². The number of hydrogen-bond acceptors (Lipinski definition) is 5. The van der Waals surface area contributed by atoms with Crippen molar-refractivity contribution in [2.45, 2.75) is 52.1 Å². The standard InChI is InChI=1S/C16H24N4O2/c1-16(2,3)14-12(8-10-21-14)15-18-13(22-19-15)6-5-11-7-9-17-20(11)4/h7,9,12,14H,5-6,8,10H2,1-4H3/t12-,14-/m0/s1. The van der Waals surface area contributed by atoms with Gasteiger partial charge in [-0.3, -0.25) is 4.68 Å². The van der Waals surface area contributed by atoms with Crippen molar-refractivity contribution in [3.63, 3.8) is 0 Å². The SMILES string of the molecule is Cn1nccc1CCc1nc([C@H]2CCO[C@@H]2C(C)(C)C)no1. The fourth-order valence-corrected chi connectivity index (χ4v) is 3.11. The largest absolute Gasteiger partial charge is 0.377 e. The molecule has 0 amide bonds. The second-order valence-corrected chi connectivity index (χ2v) is 7.05. The molecule has 0 aliphatic carbocycles. The molecule has 0 spiro atoms. The van der Waals surface area contributed by atoms with Crippen LogP contribution in [-0.2, 0) is 24.6 Å². The number of aromatic nitrogens is 4. The van der Waals surface area contributed by atoms with Crippen LogP contribution in [0.4, 0.5) is 0 Å². The van der Waals surface area contributed by atoms with E-state index in [0.717, 1.165) is 37.4 Å². The predicted molar refractivity (Wildman–Crippen MR) is 81.5 cm³/mol. The number of aryl methyl sites for hydroxylation is 3. The molecule has 6 heteroatoms. The molecule has 120 valence electrons. The van der Waals surface area contributed by atoms with Crippen molar-refractivity contribution in [2.75, 3.05) is 6.61 Å². The minimum absolute atomic E-state index is 0.0800. The van der Waals surface area contributed by atoms with Crippen LogP contribution >= 0.6 is 0 Å². The van der Waals surface area contributed by atoms with Gasteiger partial charge in [0.05, 0.1) is 12.0 Å². The quantitative estimate of drug-likeness (QED) is 0.868. The Morgan fingerprint density at radius 3 is 2.82 bits per heavy atom. The van der Waals surface area contributed by atoms with Crippen molar-refractivity contribution in [1.82, 2.24) is 19.9 Å². The molecule has 2 atom stereocenters. The first-order valence-corrected chi connectivity index (χ1v) is 7.86. The van der Waals surface area contributed by atoms with Crippen LogP contribution in [0.25, 0.3) is 0 Å². The van der Waals surface area contributed by atoms with Gasteiger partial charge in [0.15, 0.2) is 5.82 Å². The molecule has 2 aromatic rings. The summed E-state index contributed by atoms with van der Waals surface area (Å²) in [4.78, 5) is 4.60. The Hall–Kier alpha value is -1.69.